The van der Waals surface area contributed by atoms with Crippen LogP contribution in [0.25, 0.3) is 0 Å². The lowest BCUT2D eigenvalue weighted by atomic mass is 10.2. The summed E-state index contributed by atoms with van der Waals surface area (Å²) in [6.45, 7) is 1.74. The minimum atomic E-state index is -3.71. The third-order valence-corrected chi connectivity index (χ3v) is 6.43. The average molecular weight is 421 g/mol. The highest BCUT2D eigenvalue weighted by Gasteiger charge is 2.32. The molecule has 0 radical (unpaired) electrons. The van der Waals surface area contributed by atoms with E-state index in [1.165, 1.54) is 29.2 Å². The molecule has 7 nitrogen and oxygen atoms in total. The van der Waals surface area contributed by atoms with Crippen LogP contribution in [0.5, 0.6) is 0 Å². The minimum absolute atomic E-state index is 0.277. The van der Waals surface area contributed by atoms with E-state index in [2.05, 4.69) is 15.5 Å². The Hall–Kier alpha value is -1.36. The van der Waals surface area contributed by atoms with Gasteiger partial charge in [0.2, 0.25) is 21.1 Å². The van der Waals surface area contributed by atoms with Gasteiger partial charge in [0, 0.05) is 5.02 Å². The first-order valence-electron chi connectivity index (χ1n) is 7.19. The molecule has 0 saturated carbocycles. The number of nitrogens with zero attached hydrogens (tertiary/aromatic N) is 3. The maximum atomic E-state index is 12.7. The molecule has 1 N–H and O–H groups in total. The Labute approximate surface area is 159 Å². The van der Waals surface area contributed by atoms with E-state index in [4.69, 9.17) is 11.6 Å². The summed E-state index contributed by atoms with van der Waals surface area (Å²) in [4.78, 5) is 12.7. The van der Waals surface area contributed by atoms with Crippen molar-refractivity contribution in [3.05, 3.63) is 29.3 Å². The number of sulfonamides is 1. The van der Waals surface area contributed by atoms with Crippen LogP contribution in [-0.4, -0.2) is 43.1 Å². The Kier molecular flexibility index (Phi) is 6.66. The van der Waals surface area contributed by atoms with Gasteiger partial charge in [-0.2, -0.15) is 0 Å². The lowest BCUT2D eigenvalue weighted by molar-refractivity contribution is -0.117. The van der Waals surface area contributed by atoms with Gasteiger partial charge >= 0.3 is 0 Å². The van der Waals surface area contributed by atoms with E-state index in [-0.39, 0.29) is 6.42 Å². The molecule has 136 valence electrons. The number of benzene rings is 1. The zero-order chi connectivity index (χ0) is 18.6. The highest BCUT2D eigenvalue weighted by Crippen LogP contribution is 2.27. The molecule has 0 saturated heterocycles. The molecule has 1 atom stereocenters. The molecular weight excluding hydrogens is 404 g/mol. The second-order valence-electron chi connectivity index (χ2n) is 5.03. The number of carbonyl (C=O) groups is 1. The van der Waals surface area contributed by atoms with Crippen LogP contribution in [0.2, 0.25) is 5.02 Å². The summed E-state index contributed by atoms with van der Waals surface area (Å²) in [6.07, 6.45) is 3.19. The summed E-state index contributed by atoms with van der Waals surface area (Å²) in [5.74, 6) is -0.475. The van der Waals surface area contributed by atoms with Crippen LogP contribution < -0.4 is 9.62 Å². The van der Waals surface area contributed by atoms with Crippen molar-refractivity contribution >= 4 is 61.4 Å². The van der Waals surface area contributed by atoms with Crippen LogP contribution in [0, 0.1) is 0 Å². The molecule has 0 aliphatic heterocycles. The van der Waals surface area contributed by atoms with Gasteiger partial charge < -0.3 is 0 Å². The molecule has 0 bridgehead atoms. The predicted molar refractivity (Wildman–Crippen MR) is 103 cm³/mol. The summed E-state index contributed by atoms with van der Waals surface area (Å²) < 4.78 is 26.4. The molecule has 1 amide bonds. The second-order valence-corrected chi connectivity index (χ2v) is 9.36. The first kappa shape index (κ1) is 20.0. The number of thioether (sulfide) groups is 1. The number of carbonyl (C=O) groups excluding carboxylic acids is 1. The number of rotatable bonds is 7. The molecule has 0 unspecified atom stereocenters. The molecule has 1 heterocycles. The van der Waals surface area contributed by atoms with Crippen LogP contribution in [0.4, 0.5) is 10.8 Å². The Morgan fingerprint density at radius 2 is 2.16 bits per heavy atom. The van der Waals surface area contributed by atoms with E-state index in [1.54, 1.807) is 25.1 Å². The predicted octanol–water partition coefficient (Wildman–Crippen LogP) is 3.10. The van der Waals surface area contributed by atoms with Crippen molar-refractivity contribution < 1.29 is 13.2 Å². The number of hydrogen-bond acceptors (Lipinski definition) is 7. The third-order valence-electron chi connectivity index (χ3n) is 3.20. The van der Waals surface area contributed by atoms with Crippen LogP contribution in [0.3, 0.4) is 0 Å². The molecule has 1 aromatic heterocycles. The van der Waals surface area contributed by atoms with Crippen LogP contribution in [-0.2, 0) is 14.8 Å². The molecule has 25 heavy (non-hydrogen) atoms. The topological polar surface area (TPSA) is 92.3 Å². The highest BCUT2D eigenvalue weighted by molar-refractivity contribution is 8.00. The van der Waals surface area contributed by atoms with Gasteiger partial charge in [-0.1, -0.05) is 47.7 Å². The van der Waals surface area contributed by atoms with E-state index < -0.39 is 22.0 Å². The summed E-state index contributed by atoms with van der Waals surface area (Å²) in [5, 5.41) is 11.1. The second kappa shape index (κ2) is 8.35. The number of hydrogen-bond donors (Lipinski definition) is 1. The smallest absolute Gasteiger partial charge is 0.250 e. The van der Waals surface area contributed by atoms with E-state index in [9.17, 15) is 13.2 Å². The SMILES string of the molecule is CC[C@@H](C(=O)Nc1nnc(SC)s1)N(c1cccc(Cl)c1)S(C)(=O)=O. The van der Waals surface area contributed by atoms with Gasteiger partial charge in [-0.05, 0) is 30.9 Å². The Morgan fingerprint density at radius 3 is 2.68 bits per heavy atom. The molecule has 0 aliphatic carbocycles. The van der Waals surface area contributed by atoms with Crippen LogP contribution >= 0.6 is 34.7 Å². The van der Waals surface area contributed by atoms with Gasteiger partial charge in [-0.15, -0.1) is 10.2 Å². The molecular formula is C14H17ClN4O3S3. The molecule has 0 aliphatic rings. The third kappa shape index (κ3) is 5.06. The summed E-state index contributed by atoms with van der Waals surface area (Å²) >= 11 is 8.61. The van der Waals surface area contributed by atoms with Crippen molar-refractivity contribution in [1.29, 1.82) is 0 Å². The molecule has 1 aromatic carbocycles. The van der Waals surface area contributed by atoms with Crippen molar-refractivity contribution in [2.45, 2.75) is 23.7 Å². The molecule has 0 spiro atoms. The molecule has 11 heteroatoms. The average Bonchev–Trinajstić information content (AvgIpc) is 2.98. The minimum Gasteiger partial charge on any atom is -0.299 e. The first-order valence-corrected chi connectivity index (χ1v) is 11.5. The summed E-state index contributed by atoms with van der Waals surface area (Å²) in [5.41, 5.74) is 0.332. The fraction of sp³-hybridized carbons (Fsp3) is 0.357. The van der Waals surface area contributed by atoms with E-state index in [1.807, 2.05) is 6.26 Å². The lowest BCUT2D eigenvalue weighted by Gasteiger charge is -2.29. The zero-order valence-electron chi connectivity index (χ0n) is 13.8. The number of nitrogens with one attached hydrogen (secondary N) is 1. The van der Waals surface area contributed by atoms with Gasteiger partial charge in [-0.3, -0.25) is 14.4 Å². The van der Waals surface area contributed by atoms with Gasteiger partial charge in [0.05, 0.1) is 11.9 Å². The normalized spacial score (nSPS) is 12.6. The molecule has 0 fully saturated rings. The Morgan fingerprint density at radius 1 is 1.44 bits per heavy atom. The number of amides is 1. The van der Waals surface area contributed by atoms with Crippen LogP contribution in [0.15, 0.2) is 28.6 Å². The van der Waals surface area contributed by atoms with E-state index in [0.717, 1.165) is 10.6 Å². The number of halogens is 1. The van der Waals surface area contributed by atoms with Crippen molar-refractivity contribution in [1.82, 2.24) is 10.2 Å². The van der Waals surface area contributed by atoms with E-state index >= 15 is 0 Å². The molecule has 2 aromatic rings. The fourth-order valence-electron chi connectivity index (χ4n) is 2.20. The van der Waals surface area contributed by atoms with Crippen molar-refractivity contribution in [2.24, 2.45) is 0 Å². The van der Waals surface area contributed by atoms with E-state index in [0.29, 0.717) is 20.2 Å². The number of aromatic nitrogens is 2. The zero-order valence-corrected chi connectivity index (χ0v) is 17.0. The van der Waals surface area contributed by atoms with Crippen molar-refractivity contribution in [2.75, 3.05) is 22.1 Å². The van der Waals surface area contributed by atoms with Gasteiger partial charge in [0.15, 0.2) is 4.34 Å². The monoisotopic (exact) mass is 420 g/mol. The number of anilines is 2. The lowest BCUT2D eigenvalue weighted by Crippen LogP contribution is -2.47. The first-order chi connectivity index (χ1) is 11.8. The van der Waals surface area contributed by atoms with Gasteiger partial charge in [0.1, 0.15) is 6.04 Å². The maximum absolute atomic E-state index is 12.7. The Bertz CT molecular complexity index is 857. The summed E-state index contributed by atoms with van der Waals surface area (Å²) in [7, 11) is -3.71. The maximum Gasteiger partial charge on any atom is 0.250 e. The van der Waals surface area contributed by atoms with Crippen molar-refractivity contribution in [3.8, 4) is 0 Å². The van der Waals surface area contributed by atoms with Gasteiger partial charge in [-0.25, -0.2) is 8.42 Å². The molecule has 2 rings (SSSR count). The fourth-order valence-corrected chi connectivity index (χ4v) is 4.77. The van der Waals surface area contributed by atoms with Crippen molar-refractivity contribution in [3.63, 3.8) is 0 Å². The summed E-state index contributed by atoms with van der Waals surface area (Å²) in [6, 6.07) is 5.44. The standard InChI is InChI=1S/C14H17ClN4O3S3/c1-4-11(12(20)16-13-17-18-14(23-2)24-13)19(25(3,21)22)10-7-5-6-9(15)8-10/h5-8,11H,4H2,1-3H3,(H,16,17,20)/t11-/m0/s1. The van der Waals surface area contributed by atoms with Gasteiger partial charge in [0.25, 0.3) is 0 Å². The highest BCUT2D eigenvalue weighted by atomic mass is 35.5. The quantitative estimate of drug-likeness (QED) is 0.546. The van der Waals surface area contributed by atoms with Crippen LogP contribution in [0.1, 0.15) is 13.3 Å². The largest absolute Gasteiger partial charge is 0.299 e. The Balaban J connectivity index is 2.34.